The topological polar surface area (TPSA) is 29.5 Å². The van der Waals surface area contributed by atoms with Gasteiger partial charge in [0.15, 0.2) is 0 Å². The van der Waals surface area contributed by atoms with Gasteiger partial charge in [0.25, 0.3) is 0 Å². The Bertz CT molecular complexity index is 618. The van der Waals surface area contributed by atoms with E-state index in [1.165, 1.54) is 16.7 Å². The van der Waals surface area contributed by atoms with E-state index in [1.54, 1.807) is 0 Å². The van der Waals surface area contributed by atoms with Gasteiger partial charge in [-0.25, -0.2) is 0 Å². The molecular formula is C19H20O2. The van der Waals surface area contributed by atoms with Crippen molar-refractivity contribution >= 4 is 5.57 Å². The van der Waals surface area contributed by atoms with Crippen LogP contribution < -0.4 is 0 Å². The smallest absolute Gasteiger partial charge is 0.130 e. The van der Waals surface area contributed by atoms with Gasteiger partial charge in [-0.15, -0.1) is 0 Å². The monoisotopic (exact) mass is 280 g/mol. The first kappa shape index (κ1) is 13.9. The molecule has 2 aliphatic carbocycles. The molecule has 0 radical (unpaired) electrons. The van der Waals surface area contributed by atoms with Crippen LogP contribution in [0.1, 0.15) is 24.8 Å². The molecule has 0 saturated carbocycles. The predicted octanol–water partition coefficient (Wildman–Crippen LogP) is 4.01. The van der Waals surface area contributed by atoms with Crippen molar-refractivity contribution in [2.24, 2.45) is 0 Å². The SMILES string of the molecule is OCCOC1=C(C2=CC=CC2)CCC=C1c1ccccc1. The number of benzene rings is 1. The molecule has 0 amide bonds. The first-order valence-corrected chi connectivity index (χ1v) is 7.49. The van der Waals surface area contributed by atoms with Crippen LogP contribution in [0.5, 0.6) is 0 Å². The summed E-state index contributed by atoms with van der Waals surface area (Å²) in [5.74, 6) is 0.941. The highest BCUT2D eigenvalue weighted by Gasteiger charge is 2.21. The zero-order chi connectivity index (χ0) is 14.5. The van der Waals surface area contributed by atoms with Crippen molar-refractivity contribution in [2.75, 3.05) is 13.2 Å². The second-order valence-corrected chi connectivity index (χ2v) is 5.23. The first-order chi connectivity index (χ1) is 10.4. The molecule has 1 N–H and O–H groups in total. The van der Waals surface area contributed by atoms with E-state index in [0.717, 1.165) is 30.6 Å². The zero-order valence-electron chi connectivity index (χ0n) is 12.1. The average molecular weight is 280 g/mol. The Labute approximate surface area is 125 Å². The lowest BCUT2D eigenvalue weighted by Gasteiger charge is -2.23. The number of ether oxygens (including phenoxy) is 1. The van der Waals surface area contributed by atoms with E-state index in [2.05, 4.69) is 36.4 Å². The van der Waals surface area contributed by atoms with Gasteiger partial charge in [0.05, 0.1) is 6.61 Å². The van der Waals surface area contributed by atoms with Gasteiger partial charge < -0.3 is 9.84 Å². The average Bonchev–Trinajstić information content (AvgIpc) is 3.07. The van der Waals surface area contributed by atoms with Crippen LogP contribution in [-0.4, -0.2) is 18.3 Å². The molecule has 0 aliphatic heterocycles. The van der Waals surface area contributed by atoms with Gasteiger partial charge >= 0.3 is 0 Å². The molecule has 0 heterocycles. The van der Waals surface area contributed by atoms with Crippen LogP contribution in [0.25, 0.3) is 5.57 Å². The predicted molar refractivity (Wildman–Crippen MR) is 85.6 cm³/mol. The van der Waals surface area contributed by atoms with Crippen molar-refractivity contribution in [1.82, 2.24) is 0 Å². The Kier molecular flexibility index (Phi) is 4.37. The lowest BCUT2D eigenvalue weighted by Crippen LogP contribution is -2.09. The lowest BCUT2D eigenvalue weighted by molar-refractivity contribution is 0.151. The summed E-state index contributed by atoms with van der Waals surface area (Å²) >= 11 is 0. The summed E-state index contributed by atoms with van der Waals surface area (Å²) in [6.07, 6.45) is 11.7. The summed E-state index contributed by atoms with van der Waals surface area (Å²) in [4.78, 5) is 0. The first-order valence-electron chi connectivity index (χ1n) is 7.49. The van der Waals surface area contributed by atoms with Crippen LogP contribution in [0.15, 0.2) is 71.5 Å². The largest absolute Gasteiger partial charge is 0.490 e. The van der Waals surface area contributed by atoms with Crippen molar-refractivity contribution in [2.45, 2.75) is 19.3 Å². The lowest BCUT2D eigenvalue weighted by atomic mass is 9.88. The molecule has 0 spiro atoms. The summed E-state index contributed by atoms with van der Waals surface area (Å²) in [6, 6.07) is 10.3. The molecule has 1 aromatic carbocycles. The Balaban J connectivity index is 2.00. The van der Waals surface area contributed by atoms with Crippen LogP contribution in [0.2, 0.25) is 0 Å². The molecule has 2 heteroatoms. The van der Waals surface area contributed by atoms with Crippen molar-refractivity contribution in [3.05, 3.63) is 77.1 Å². The van der Waals surface area contributed by atoms with Crippen LogP contribution in [0.3, 0.4) is 0 Å². The molecule has 2 nitrogen and oxygen atoms in total. The van der Waals surface area contributed by atoms with Crippen LogP contribution >= 0.6 is 0 Å². The second kappa shape index (κ2) is 6.59. The molecule has 21 heavy (non-hydrogen) atoms. The van der Waals surface area contributed by atoms with Gasteiger partial charge in [0.1, 0.15) is 12.4 Å². The highest BCUT2D eigenvalue weighted by molar-refractivity contribution is 5.80. The molecule has 108 valence electrons. The molecule has 3 rings (SSSR count). The minimum absolute atomic E-state index is 0.0378. The van der Waals surface area contributed by atoms with Crippen molar-refractivity contribution in [1.29, 1.82) is 0 Å². The molecule has 1 aromatic rings. The fourth-order valence-corrected chi connectivity index (χ4v) is 2.89. The van der Waals surface area contributed by atoms with E-state index >= 15 is 0 Å². The summed E-state index contributed by atoms with van der Waals surface area (Å²) in [5, 5.41) is 9.11. The van der Waals surface area contributed by atoms with Gasteiger partial charge in [-0.1, -0.05) is 54.6 Å². The quantitative estimate of drug-likeness (QED) is 0.883. The summed E-state index contributed by atoms with van der Waals surface area (Å²) in [5.41, 5.74) is 4.95. The number of allylic oxidation sites excluding steroid dienone is 7. The number of hydrogen-bond acceptors (Lipinski definition) is 2. The highest BCUT2D eigenvalue weighted by atomic mass is 16.5. The third kappa shape index (κ3) is 3.01. The van der Waals surface area contributed by atoms with E-state index < -0.39 is 0 Å². The van der Waals surface area contributed by atoms with Gasteiger partial charge in [0.2, 0.25) is 0 Å². The van der Waals surface area contributed by atoms with Gasteiger partial charge in [-0.05, 0) is 36.0 Å². The highest BCUT2D eigenvalue weighted by Crippen LogP contribution is 2.38. The zero-order valence-corrected chi connectivity index (χ0v) is 12.1. The fraction of sp³-hybridized carbons (Fsp3) is 0.263. The maximum absolute atomic E-state index is 9.11. The van der Waals surface area contributed by atoms with Crippen LogP contribution in [-0.2, 0) is 4.74 Å². The Morgan fingerprint density at radius 2 is 2.00 bits per heavy atom. The second-order valence-electron chi connectivity index (χ2n) is 5.23. The van der Waals surface area contributed by atoms with Crippen LogP contribution in [0.4, 0.5) is 0 Å². The maximum Gasteiger partial charge on any atom is 0.130 e. The van der Waals surface area contributed by atoms with Gasteiger partial charge in [0, 0.05) is 5.57 Å². The summed E-state index contributed by atoms with van der Waals surface area (Å²) in [7, 11) is 0. The molecular weight excluding hydrogens is 260 g/mol. The van der Waals surface area contributed by atoms with E-state index in [9.17, 15) is 0 Å². The van der Waals surface area contributed by atoms with E-state index in [1.807, 2.05) is 18.2 Å². The molecule has 0 fully saturated rings. The Hall–Kier alpha value is -2.06. The maximum atomic E-state index is 9.11. The number of aliphatic hydroxyl groups excluding tert-OH is 1. The molecule has 0 aromatic heterocycles. The van der Waals surface area contributed by atoms with E-state index in [-0.39, 0.29) is 6.61 Å². The Morgan fingerprint density at radius 3 is 2.71 bits per heavy atom. The van der Waals surface area contributed by atoms with Crippen LogP contribution in [0, 0.1) is 0 Å². The normalized spacial score (nSPS) is 17.8. The third-order valence-electron chi connectivity index (χ3n) is 3.84. The van der Waals surface area contributed by atoms with Gasteiger partial charge in [-0.2, -0.15) is 0 Å². The molecule has 0 unspecified atom stereocenters. The van der Waals surface area contributed by atoms with Crippen molar-refractivity contribution in [3.8, 4) is 0 Å². The van der Waals surface area contributed by atoms with Gasteiger partial charge in [-0.3, -0.25) is 0 Å². The summed E-state index contributed by atoms with van der Waals surface area (Å²) in [6.45, 7) is 0.375. The fourth-order valence-electron chi connectivity index (χ4n) is 2.89. The number of aliphatic hydroxyl groups is 1. The van der Waals surface area contributed by atoms with Crippen molar-refractivity contribution in [3.63, 3.8) is 0 Å². The minimum atomic E-state index is 0.0378. The third-order valence-corrected chi connectivity index (χ3v) is 3.84. The number of rotatable bonds is 5. The molecule has 2 aliphatic rings. The van der Waals surface area contributed by atoms with E-state index in [4.69, 9.17) is 9.84 Å². The molecule has 0 bridgehead atoms. The molecule has 0 atom stereocenters. The Morgan fingerprint density at radius 1 is 1.14 bits per heavy atom. The minimum Gasteiger partial charge on any atom is -0.490 e. The summed E-state index contributed by atoms with van der Waals surface area (Å²) < 4.78 is 5.92. The standard InChI is InChI=1S/C19H20O2/c20-13-14-21-19-17(15-7-2-1-3-8-15)11-6-12-18(19)16-9-4-5-10-16/h1-5,7-9,11,20H,6,10,12-14H2. The molecule has 0 saturated heterocycles. The van der Waals surface area contributed by atoms with E-state index in [0.29, 0.717) is 6.61 Å². The van der Waals surface area contributed by atoms with Crippen molar-refractivity contribution < 1.29 is 9.84 Å². The number of hydrogen-bond donors (Lipinski definition) is 1.